The summed E-state index contributed by atoms with van der Waals surface area (Å²) in [6.45, 7) is 1.27. The highest BCUT2D eigenvalue weighted by molar-refractivity contribution is 7.99. The highest BCUT2D eigenvalue weighted by atomic mass is 32.2. The van der Waals surface area contributed by atoms with Crippen LogP contribution in [-0.4, -0.2) is 40.9 Å². The van der Waals surface area contributed by atoms with E-state index in [1.54, 1.807) is 16.7 Å². The Morgan fingerprint density at radius 1 is 1.35 bits per heavy atom. The second-order valence-electron chi connectivity index (χ2n) is 4.22. The van der Waals surface area contributed by atoms with Gasteiger partial charge >= 0.3 is 0 Å². The molecular formula is C13H17NO2S. The first-order valence-corrected chi connectivity index (χ1v) is 6.88. The van der Waals surface area contributed by atoms with Gasteiger partial charge < -0.3 is 10.0 Å². The summed E-state index contributed by atoms with van der Waals surface area (Å²) in [6.07, 6.45) is 1.12. The van der Waals surface area contributed by atoms with Crippen molar-refractivity contribution in [2.24, 2.45) is 0 Å². The number of hydrogen-bond donors (Lipinski definition) is 1. The van der Waals surface area contributed by atoms with E-state index in [0.717, 1.165) is 17.9 Å². The molecule has 17 heavy (non-hydrogen) atoms. The van der Waals surface area contributed by atoms with Crippen molar-refractivity contribution in [3.8, 4) is 0 Å². The van der Waals surface area contributed by atoms with Gasteiger partial charge in [-0.1, -0.05) is 18.2 Å². The van der Waals surface area contributed by atoms with Crippen LogP contribution in [-0.2, 0) is 4.79 Å². The topological polar surface area (TPSA) is 40.5 Å². The van der Waals surface area contributed by atoms with Crippen LogP contribution < -0.4 is 0 Å². The molecule has 0 saturated carbocycles. The van der Waals surface area contributed by atoms with Gasteiger partial charge in [0, 0.05) is 30.2 Å². The summed E-state index contributed by atoms with van der Waals surface area (Å²) in [7, 11) is 0. The van der Waals surface area contributed by atoms with Crippen LogP contribution in [0.5, 0.6) is 0 Å². The van der Waals surface area contributed by atoms with E-state index in [-0.39, 0.29) is 5.91 Å². The first-order chi connectivity index (χ1) is 8.25. The van der Waals surface area contributed by atoms with Crippen LogP contribution in [0.15, 0.2) is 35.2 Å². The third-order valence-electron chi connectivity index (χ3n) is 2.79. The average Bonchev–Trinajstić information content (AvgIpc) is 2.74. The standard InChI is InChI=1S/C13H17NO2S/c15-11(9-14-8-4-7-13(14)16)10-17-12-5-2-1-3-6-12/h1-3,5-6,11,15H,4,7-10H2. The highest BCUT2D eigenvalue weighted by Gasteiger charge is 2.22. The van der Waals surface area contributed by atoms with Crippen LogP contribution in [0.25, 0.3) is 0 Å². The molecule has 1 N–H and O–H groups in total. The van der Waals surface area contributed by atoms with E-state index in [0.29, 0.717) is 18.7 Å². The molecule has 1 aliphatic heterocycles. The Kier molecular flexibility index (Phi) is 4.45. The number of hydrogen-bond acceptors (Lipinski definition) is 3. The van der Waals surface area contributed by atoms with Gasteiger partial charge in [-0.2, -0.15) is 0 Å². The van der Waals surface area contributed by atoms with E-state index in [9.17, 15) is 9.90 Å². The van der Waals surface area contributed by atoms with Gasteiger partial charge in [-0.3, -0.25) is 4.79 Å². The van der Waals surface area contributed by atoms with Crippen LogP contribution in [0.2, 0.25) is 0 Å². The molecule has 1 amide bonds. The molecule has 1 aliphatic rings. The molecule has 3 nitrogen and oxygen atoms in total. The summed E-state index contributed by atoms with van der Waals surface area (Å²) >= 11 is 1.63. The molecular weight excluding hydrogens is 234 g/mol. The Morgan fingerprint density at radius 3 is 2.76 bits per heavy atom. The van der Waals surface area contributed by atoms with Crippen molar-refractivity contribution in [2.45, 2.75) is 23.8 Å². The molecule has 1 unspecified atom stereocenters. The first kappa shape index (κ1) is 12.5. The minimum atomic E-state index is -0.442. The number of aliphatic hydroxyl groups excluding tert-OH is 1. The Morgan fingerprint density at radius 2 is 2.12 bits per heavy atom. The second-order valence-corrected chi connectivity index (χ2v) is 5.31. The van der Waals surface area contributed by atoms with Crippen LogP contribution in [0.3, 0.4) is 0 Å². The van der Waals surface area contributed by atoms with Gasteiger partial charge in [-0.25, -0.2) is 0 Å². The number of amides is 1. The molecule has 1 aromatic rings. The van der Waals surface area contributed by atoms with Crippen molar-refractivity contribution in [2.75, 3.05) is 18.8 Å². The molecule has 92 valence electrons. The molecule has 2 rings (SSSR count). The first-order valence-electron chi connectivity index (χ1n) is 5.89. The lowest BCUT2D eigenvalue weighted by Gasteiger charge is -2.19. The third-order valence-corrected chi connectivity index (χ3v) is 3.95. The summed E-state index contributed by atoms with van der Waals surface area (Å²) in [5.74, 6) is 0.808. The Bertz CT molecular complexity index is 369. The number of rotatable bonds is 5. The van der Waals surface area contributed by atoms with Crippen molar-refractivity contribution in [3.63, 3.8) is 0 Å². The summed E-state index contributed by atoms with van der Waals surface area (Å²) in [5, 5.41) is 9.87. The molecule has 1 fully saturated rings. The number of aliphatic hydroxyl groups is 1. The molecule has 4 heteroatoms. The summed E-state index contributed by atoms with van der Waals surface area (Å²) in [6, 6.07) is 10.00. The van der Waals surface area contributed by atoms with Crippen molar-refractivity contribution in [1.29, 1.82) is 0 Å². The second kappa shape index (κ2) is 6.07. The summed E-state index contributed by atoms with van der Waals surface area (Å²) in [5.41, 5.74) is 0. The molecule has 0 spiro atoms. The average molecular weight is 251 g/mol. The lowest BCUT2D eigenvalue weighted by Crippen LogP contribution is -2.34. The highest BCUT2D eigenvalue weighted by Crippen LogP contribution is 2.19. The zero-order chi connectivity index (χ0) is 12.1. The summed E-state index contributed by atoms with van der Waals surface area (Å²) in [4.78, 5) is 14.3. The van der Waals surface area contributed by atoms with E-state index in [1.165, 1.54) is 0 Å². The van der Waals surface area contributed by atoms with E-state index < -0.39 is 6.10 Å². The van der Waals surface area contributed by atoms with E-state index in [1.807, 2.05) is 30.3 Å². The maximum Gasteiger partial charge on any atom is 0.222 e. The fraction of sp³-hybridized carbons (Fsp3) is 0.462. The van der Waals surface area contributed by atoms with Crippen LogP contribution in [0, 0.1) is 0 Å². The number of carbonyl (C=O) groups is 1. The third kappa shape index (κ3) is 3.75. The Labute approximate surface area is 106 Å². The van der Waals surface area contributed by atoms with Gasteiger partial charge in [0.05, 0.1) is 6.10 Å². The van der Waals surface area contributed by atoms with Crippen molar-refractivity contribution in [3.05, 3.63) is 30.3 Å². The van der Waals surface area contributed by atoms with Crippen molar-refractivity contribution in [1.82, 2.24) is 4.90 Å². The lowest BCUT2D eigenvalue weighted by atomic mass is 10.4. The van der Waals surface area contributed by atoms with Crippen LogP contribution in [0.4, 0.5) is 0 Å². The Hall–Kier alpha value is -1.00. The lowest BCUT2D eigenvalue weighted by molar-refractivity contribution is -0.128. The van der Waals surface area contributed by atoms with Gasteiger partial charge in [0.15, 0.2) is 0 Å². The van der Waals surface area contributed by atoms with E-state index >= 15 is 0 Å². The Balaban J connectivity index is 1.74. The number of thioether (sulfide) groups is 1. The maximum absolute atomic E-state index is 11.4. The van der Waals surface area contributed by atoms with Gasteiger partial charge in [-0.05, 0) is 18.6 Å². The van der Waals surface area contributed by atoms with Crippen LogP contribution >= 0.6 is 11.8 Å². The number of benzene rings is 1. The van der Waals surface area contributed by atoms with Crippen molar-refractivity contribution >= 4 is 17.7 Å². The molecule has 0 aromatic heterocycles. The molecule has 1 aromatic carbocycles. The smallest absolute Gasteiger partial charge is 0.222 e. The molecule has 0 radical (unpaired) electrons. The monoisotopic (exact) mass is 251 g/mol. The minimum Gasteiger partial charge on any atom is -0.390 e. The normalized spacial score (nSPS) is 17.5. The SMILES string of the molecule is O=C1CCCN1CC(O)CSc1ccccc1. The fourth-order valence-electron chi connectivity index (χ4n) is 1.91. The predicted octanol–water partition coefficient (Wildman–Crippen LogP) is 1.76. The quantitative estimate of drug-likeness (QED) is 0.811. The predicted molar refractivity (Wildman–Crippen MR) is 69.0 cm³/mol. The molecule has 0 bridgehead atoms. The van der Waals surface area contributed by atoms with E-state index in [4.69, 9.17) is 0 Å². The number of β-amino-alcohol motifs (C(OH)–C–C–N with tert-alkyl or cyclic N) is 1. The molecule has 0 aliphatic carbocycles. The molecule has 1 atom stereocenters. The van der Waals surface area contributed by atoms with Crippen LogP contribution in [0.1, 0.15) is 12.8 Å². The number of carbonyl (C=O) groups excluding carboxylic acids is 1. The van der Waals surface area contributed by atoms with Crippen molar-refractivity contribution < 1.29 is 9.90 Å². The van der Waals surface area contributed by atoms with E-state index in [2.05, 4.69) is 0 Å². The minimum absolute atomic E-state index is 0.175. The van der Waals surface area contributed by atoms with Gasteiger partial charge in [0.2, 0.25) is 5.91 Å². The number of nitrogens with zero attached hydrogens (tertiary/aromatic N) is 1. The van der Waals surface area contributed by atoms with Gasteiger partial charge in [-0.15, -0.1) is 11.8 Å². The number of likely N-dealkylation sites (tertiary alicyclic amines) is 1. The largest absolute Gasteiger partial charge is 0.390 e. The van der Waals surface area contributed by atoms with Gasteiger partial charge in [0.1, 0.15) is 0 Å². The van der Waals surface area contributed by atoms with Gasteiger partial charge in [0.25, 0.3) is 0 Å². The summed E-state index contributed by atoms with van der Waals surface area (Å²) < 4.78 is 0. The zero-order valence-electron chi connectivity index (χ0n) is 9.71. The molecule has 1 saturated heterocycles. The molecule has 1 heterocycles. The fourth-order valence-corrected chi connectivity index (χ4v) is 2.75. The maximum atomic E-state index is 11.4. The zero-order valence-corrected chi connectivity index (χ0v) is 10.5.